The number of carbonyl (C=O) groups is 2. The summed E-state index contributed by atoms with van der Waals surface area (Å²) in [4.78, 5) is 24.0. The van der Waals surface area contributed by atoms with Gasteiger partial charge in [0.2, 0.25) is 5.82 Å². The molecule has 2 amide bonds. The second-order valence-corrected chi connectivity index (χ2v) is 6.14. The molecule has 0 saturated heterocycles. The van der Waals surface area contributed by atoms with Crippen LogP contribution in [0.3, 0.4) is 0 Å². The van der Waals surface area contributed by atoms with Gasteiger partial charge in [0.25, 0.3) is 11.8 Å². The van der Waals surface area contributed by atoms with Crippen molar-refractivity contribution in [2.75, 3.05) is 13.1 Å². The van der Waals surface area contributed by atoms with Crippen LogP contribution in [0, 0.1) is 29.1 Å². The van der Waals surface area contributed by atoms with E-state index < -0.39 is 46.5 Å². The van der Waals surface area contributed by atoms with Gasteiger partial charge >= 0.3 is 0 Å². The van der Waals surface area contributed by atoms with Crippen LogP contribution in [-0.4, -0.2) is 30.0 Å². The molecule has 0 aromatic heterocycles. The molecule has 3 aromatic carbocycles. The van der Waals surface area contributed by atoms with Crippen LogP contribution < -0.4 is 10.6 Å². The summed E-state index contributed by atoms with van der Waals surface area (Å²) in [6, 6.07) is 9.81. The van der Waals surface area contributed by atoms with Crippen LogP contribution in [0.1, 0.15) is 20.7 Å². The van der Waals surface area contributed by atoms with E-state index in [1.807, 2.05) is 5.32 Å². The van der Waals surface area contributed by atoms with E-state index in [0.29, 0.717) is 10.8 Å². The second kappa shape index (κ2) is 8.36. The summed E-state index contributed by atoms with van der Waals surface area (Å²) < 4.78 is 66.6. The minimum absolute atomic E-state index is 0.0419. The zero-order chi connectivity index (χ0) is 22.0. The van der Waals surface area contributed by atoms with Gasteiger partial charge in [-0.1, -0.05) is 30.3 Å². The van der Waals surface area contributed by atoms with Crippen LogP contribution in [0.25, 0.3) is 10.8 Å². The average Bonchev–Trinajstić information content (AvgIpc) is 2.74. The zero-order valence-corrected chi connectivity index (χ0v) is 15.0. The third-order valence-electron chi connectivity index (χ3n) is 4.28. The van der Waals surface area contributed by atoms with Crippen LogP contribution >= 0.6 is 0 Å². The molecule has 5 nitrogen and oxygen atoms in total. The van der Waals surface area contributed by atoms with E-state index in [1.54, 1.807) is 30.3 Å². The summed E-state index contributed by atoms with van der Waals surface area (Å²) >= 11 is 0. The van der Waals surface area contributed by atoms with Crippen molar-refractivity contribution in [3.63, 3.8) is 0 Å². The van der Waals surface area contributed by atoms with Gasteiger partial charge in [0.15, 0.2) is 23.3 Å². The van der Waals surface area contributed by atoms with Gasteiger partial charge in [-0.15, -0.1) is 0 Å². The monoisotopic (exact) mass is 424 g/mol. The Morgan fingerprint density at radius 1 is 0.733 bits per heavy atom. The van der Waals surface area contributed by atoms with E-state index in [-0.39, 0.29) is 24.4 Å². The number of fused-ring (bicyclic) bond motifs is 1. The van der Waals surface area contributed by atoms with Gasteiger partial charge in [-0.3, -0.25) is 9.59 Å². The van der Waals surface area contributed by atoms with E-state index in [0.717, 1.165) is 0 Å². The first-order chi connectivity index (χ1) is 14.2. The molecule has 0 saturated carbocycles. The number of amides is 2. The van der Waals surface area contributed by atoms with Crippen molar-refractivity contribution in [2.45, 2.75) is 0 Å². The lowest BCUT2D eigenvalue weighted by molar-refractivity contribution is 0.0919. The van der Waals surface area contributed by atoms with Crippen LogP contribution in [0.4, 0.5) is 22.0 Å². The molecule has 0 fully saturated rings. The number of aromatic hydroxyl groups is 1. The molecule has 3 rings (SSSR count). The maximum atomic E-state index is 13.6. The Hall–Kier alpha value is -3.69. The van der Waals surface area contributed by atoms with Crippen molar-refractivity contribution in [2.24, 2.45) is 0 Å². The van der Waals surface area contributed by atoms with Gasteiger partial charge in [0.1, 0.15) is 11.3 Å². The normalized spacial score (nSPS) is 10.8. The molecule has 0 bridgehead atoms. The molecular weight excluding hydrogens is 411 g/mol. The molecule has 156 valence electrons. The van der Waals surface area contributed by atoms with Crippen molar-refractivity contribution in [3.05, 3.63) is 76.6 Å². The number of nitrogens with one attached hydrogen (secondary N) is 2. The van der Waals surface area contributed by atoms with Gasteiger partial charge in [0.05, 0.1) is 5.56 Å². The molecule has 0 spiro atoms. The third kappa shape index (κ3) is 3.76. The molecule has 3 aromatic rings. The first-order valence-electron chi connectivity index (χ1n) is 8.52. The fourth-order valence-electron chi connectivity index (χ4n) is 2.78. The zero-order valence-electron chi connectivity index (χ0n) is 15.0. The van der Waals surface area contributed by atoms with Crippen LogP contribution in [0.2, 0.25) is 0 Å². The van der Waals surface area contributed by atoms with E-state index in [2.05, 4.69) is 5.32 Å². The molecule has 0 aliphatic carbocycles. The van der Waals surface area contributed by atoms with Gasteiger partial charge in [0, 0.05) is 18.5 Å². The largest absolute Gasteiger partial charge is 0.506 e. The molecule has 10 heteroatoms. The van der Waals surface area contributed by atoms with E-state index >= 15 is 0 Å². The van der Waals surface area contributed by atoms with Crippen molar-refractivity contribution >= 4 is 22.6 Å². The summed E-state index contributed by atoms with van der Waals surface area (Å²) in [6.07, 6.45) is 0. The summed E-state index contributed by atoms with van der Waals surface area (Å²) in [5, 5.41) is 15.7. The Morgan fingerprint density at radius 3 is 1.90 bits per heavy atom. The lowest BCUT2D eigenvalue weighted by Crippen LogP contribution is -2.35. The van der Waals surface area contributed by atoms with Gasteiger partial charge in [-0.25, -0.2) is 22.0 Å². The van der Waals surface area contributed by atoms with Crippen LogP contribution in [0.5, 0.6) is 5.75 Å². The highest BCUT2D eigenvalue weighted by atomic mass is 19.2. The Morgan fingerprint density at radius 2 is 1.27 bits per heavy atom. The van der Waals surface area contributed by atoms with Crippen molar-refractivity contribution < 1.29 is 36.6 Å². The molecule has 0 heterocycles. The molecule has 0 atom stereocenters. The summed E-state index contributed by atoms with van der Waals surface area (Å²) in [5.41, 5.74) is -1.66. The third-order valence-corrected chi connectivity index (χ3v) is 4.28. The van der Waals surface area contributed by atoms with Crippen LogP contribution in [-0.2, 0) is 0 Å². The smallest absolute Gasteiger partial charge is 0.257 e. The molecule has 0 aliphatic heterocycles. The summed E-state index contributed by atoms with van der Waals surface area (Å²) in [5.74, 6) is -13.8. The SMILES string of the molecule is O=C(NCCNC(=O)c1c(F)c(F)c(F)c(F)c1F)c1ccc2ccccc2c1O. The Kier molecular flexibility index (Phi) is 5.86. The first kappa shape index (κ1) is 21.0. The molecule has 0 unspecified atom stereocenters. The number of hydrogen-bond donors (Lipinski definition) is 3. The lowest BCUT2D eigenvalue weighted by Gasteiger charge is -2.11. The standard InChI is InChI=1S/C20H13F5N2O3/c21-13-12(14(22)16(24)17(25)15(13)23)20(30)27-8-7-26-19(29)11-6-5-9-3-1-2-4-10(9)18(11)28/h1-6,28H,7-8H2,(H,26,29)(H,27,30). The summed E-state index contributed by atoms with van der Waals surface area (Å²) in [6.45, 7) is -0.620. The fraction of sp³-hybridized carbons (Fsp3) is 0.100. The maximum Gasteiger partial charge on any atom is 0.257 e. The molecule has 0 radical (unpaired) electrons. The predicted octanol–water partition coefficient (Wildman–Crippen LogP) is 3.40. The summed E-state index contributed by atoms with van der Waals surface area (Å²) in [7, 11) is 0. The van der Waals surface area contributed by atoms with E-state index in [1.165, 1.54) is 6.07 Å². The molecular formula is C20H13F5N2O3. The number of phenolic OH excluding ortho intramolecular Hbond substituents is 1. The number of carbonyl (C=O) groups excluding carboxylic acids is 2. The highest BCUT2D eigenvalue weighted by Crippen LogP contribution is 2.28. The molecule has 0 aliphatic rings. The quantitative estimate of drug-likeness (QED) is 0.254. The van der Waals surface area contributed by atoms with Gasteiger partial charge < -0.3 is 15.7 Å². The second-order valence-electron chi connectivity index (χ2n) is 6.14. The van der Waals surface area contributed by atoms with Crippen LogP contribution in [0.15, 0.2) is 36.4 Å². The van der Waals surface area contributed by atoms with Crippen molar-refractivity contribution in [1.82, 2.24) is 10.6 Å². The van der Waals surface area contributed by atoms with Gasteiger partial charge in [-0.05, 0) is 11.5 Å². The Balaban J connectivity index is 1.64. The lowest BCUT2D eigenvalue weighted by atomic mass is 10.0. The highest BCUT2D eigenvalue weighted by Gasteiger charge is 2.29. The topological polar surface area (TPSA) is 78.4 Å². The average molecular weight is 424 g/mol. The van der Waals surface area contributed by atoms with E-state index in [9.17, 15) is 36.6 Å². The number of hydrogen-bond acceptors (Lipinski definition) is 3. The van der Waals surface area contributed by atoms with Crippen molar-refractivity contribution in [3.8, 4) is 5.75 Å². The molecule has 3 N–H and O–H groups in total. The van der Waals surface area contributed by atoms with E-state index in [4.69, 9.17) is 0 Å². The number of phenols is 1. The maximum absolute atomic E-state index is 13.6. The number of benzene rings is 3. The Labute approximate surface area is 166 Å². The first-order valence-corrected chi connectivity index (χ1v) is 8.52. The van der Waals surface area contributed by atoms with Gasteiger partial charge in [-0.2, -0.15) is 0 Å². The predicted molar refractivity (Wildman–Crippen MR) is 96.5 cm³/mol. The fourth-order valence-corrected chi connectivity index (χ4v) is 2.78. The number of rotatable bonds is 5. The minimum atomic E-state index is -2.37. The van der Waals surface area contributed by atoms with Crippen molar-refractivity contribution in [1.29, 1.82) is 0 Å². The number of halogens is 5. The molecule has 30 heavy (non-hydrogen) atoms. The highest BCUT2D eigenvalue weighted by molar-refractivity contribution is 6.03. The minimum Gasteiger partial charge on any atom is -0.506 e. The Bertz CT molecular complexity index is 1140.